The number of thioether (sulfide) groups is 1. The molecular formula is C21H18N6O2S3. The molecule has 0 amide bonds. The van der Waals surface area contributed by atoms with Crippen LogP contribution in [0.5, 0.6) is 5.75 Å². The highest BCUT2D eigenvalue weighted by atomic mass is 32.2. The number of fused-ring (bicyclic) bond motifs is 1. The number of aromatic amines is 1. The third-order valence-corrected chi connectivity index (χ3v) is 7.51. The van der Waals surface area contributed by atoms with Crippen molar-refractivity contribution in [3.8, 4) is 21.9 Å². The van der Waals surface area contributed by atoms with Crippen LogP contribution >= 0.6 is 34.4 Å². The van der Waals surface area contributed by atoms with Crippen molar-refractivity contribution >= 4 is 44.7 Å². The summed E-state index contributed by atoms with van der Waals surface area (Å²) in [6.07, 6.45) is 0. The molecule has 5 aromatic rings. The Labute approximate surface area is 195 Å². The molecule has 0 fully saturated rings. The zero-order valence-electron chi connectivity index (χ0n) is 17.2. The van der Waals surface area contributed by atoms with Crippen molar-refractivity contribution < 1.29 is 4.74 Å². The predicted molar refractivity (Wildman–Crippen MR) is 128 cm³/mol. The lowest BCUT2D eigenvalue weighted by atomic mass is 10.2. The number of aromatic nitrogens is 6. The summed E-state index contributed by atoms with van der Waals surface area (Å²) in [4.78, 5) is 23.5. The molecular weight excluding hydrogens is 464 g/mol. The Morgan fingerprint density at radius 1 is 1.22 bits per heavy atom. The van der Waals surface area contributed by atoms with Gasteiger partial charge in [-0.1, -0.05) is 23.9 Å². The van der Waals surface area contributed by atoms with Gasteiger partial charge in [-0.25, -0.2) is 4.98 Å². The Balaban J connectivity index is 1.42. The van der Waals surface area contributed by atoms with Crippen molar-refractivity contribution in [3.63, 3.8) is 0 Å². The second-order valence-corrected chi connectivity index (χ2v) is 9.90. The van der Waals surface area contributed by atoms with Gasteiger partial charge in [-0.2, -0.15) is 4.68 Å². The maximum Gasteiger partial charge on any atom is 0.260 e. The maximum absolute atomic E-state index is 12.9. The number of tetrazole rings is 1. The zero-order chi connectivity index (χ0) is 22.1. The van der Waals surface area contributed by atoms with Gasteiger partial charge in [0.25, 0.3) is 5.56 Å². The summed E-state index contributed by atoms with van der Waals surface area (Å²) in [6.45, 7) is 4.53. The van der Waals surface area contributed by atoms with E-state index in [-0.39, 0.29) is 5.56 Å². The number of H-pyrrole nitrogens is 1. The topological polar surface area (TPSA) is 98.6 Å². The second-order valence-electron chi connectivity index (χ2n) is 6.82. The van der Waals surface area contributed by atoms with Crippen LogP contribution in [0.25, 0.3) is 26.3 Å². The van der Waals surface area contributed by atoms with Crippen molar-refractivity contribution in [2.75, 3.05) is 6.61 Å². The molecule has 1 aromatic carbocycles. The minimum atomic E-state index is -0.130. The fraction of sp³-hybridized carbons (Fsp3) is 0.190. The van der Waals surface area contributed by atoms with Crippen LogP contribution in [0.1, 0.15) is 17.6 Å². The van der Waals surface area contributed by atoms with Gasteiger partial charge in [-0.3, -0.25) is 4.79 Å². The van der Waals surface area contributed by atoms with Crippen LogP contribution in [0.3, 0.4) is 0 Å². The second kappa shape index (κ2) is 8.85. The first kappa shape index (κ1) is 20.9. The van der Waals surface area contributed by atoms with Gasteiger partial charge in [0.1, 0.15) is 22.1 Å². The third kappa shape index (κ3) is 3.94. The lowest BCUT2D eigenvalue weighted by Crippen LogP contribution is -2.11. The van der Waals surface area contributed by atoms with Gasteiger partial charge in [0.2, 0.25) is 5.16 Å². The van der Waals surface area contributed by atoms with Crippen LogP contribution in [-0.4, -0.2) is 36.8 Å². The fourth-order valence-electron chi connectivity index (χ4n) is 3.29. The normalized spacial score (nSPS) is 11.3. The number of nitrogens with one attached hydrogen (secondary N) is 1. The SMILES string of the molecule is CCOc1ccccc1-n1nnnc1SCc1nc2scc(-c3ccc(C)s3)c2c(=O)[nH]1. The van der Waals surface area contributed by atoms with Crippen LogP contribution in [-0.2, 0) is 5.75 Å². The number of ether oxygens (including phenoxy) is 1. The number of benzene rings is 1. The smallest absolute Gasteiger partial charge is 0.260 e. The van der Waals surface area contributed by atoms with Gasteiger partial charge in [-0.05, 0) is 48.5 Å². The maximum atomic E-state index is 12.9. The van der Waals surface area contributed by atoms with E-state index in [0.717, 1.165) is 21.0 Å². The van der Waals surface area contributed by atoms with Gasteiger partial charge in [0.05, 0.1) is 17.7 Å². The molecule has 0 saturated carbocycles. The number of nitrogens with zero attached hydrogens (tertiary/aromatic N) is 5. The van der Waals surface area contributed by atoms with Crippen LogP contribution < -0.4 is 10.3 Å². The van der Waals surface area contributed by atoms with Gasteiger partial charge in [-0.15, -0.1) is 27.8 Å². The first-order chi connectivity index (χ1) is 15.6. The highest BCUT2D eigenvalue weighted by molar-refractivity contribution is 7.98. The van der Waals surface area contributed by atoms with Gasteiger partial charge < -0.3 is 9.72 Å². The van der Waals surface area contributed by atoms with Gasteiger partial charge in [0, 0.05) is 20.7 Å². The van der Waals surface area contributed by atoms with E-state index in [9.17, 15) is 4.79 Å². The number of rotatable bonds is 7. The molecule has 162 valence electrons. The molecule has 1 N–H and O–H groups in total. The molecule has 0 saturated heterocycles. The lowest BCUT2D eigenvalue weighted by Gasteiger charge is -2.10. The van der Waals surface area contributed by atoms with Crippen LogP contribution in [0.2, 0.25) is 0 Å². The average Bonchev–Trinajstić information content (AvgIpc) is 3.52. The van der Waals surface area contributed by atoms with Crippen molar-refractivity contribution in [2.45, 2.75) is 24.8 Å². The van der Waals surface area contributed by atoms with Gasteiger partial charge >= 0.3 is 0 Å². The first-order valence-corrected chi connectivity index (χ1v) is 12.5. The molecule has 32 heavy (non-hydrogen) atoms. The molecule has 8 nitrogen and oxygen atoms in total. The highest BCUT2D eigenvalue weighted by Crippen LogP contribution is 2.35. The average molecular weight is 483 g/mol. The number of hydrogen-bond donors (Lipinski definition) is 1. The molecule has 0 aliphatic carbocycles. The van der Waals surface area contributed by atoms with E-state index < -0.39 is 0 Å². The van der Waals surface area contributed by atoms with Crippen LogP contribution in [0.15, 0.2) is 51.7 Å². The van der Waals surface area contributed by atoms with E-state index in [1.54, 1.807) is 16.0 Å². The van der Waals surface area contributed by atoms with E-state index in [1.807, 2.05) is 42.6 Å². The van der Waals surface area contributed by atoms with E-state index >= 15 is 0 Å². The Hall–Kier alpha value is -3.02. The summed E-state index contributed by atoms with van der Waals surface area (Å²) in [5, 5.41) is 15.3. The number of hydrogen-bond acceptors (Lipinski definition) is 9. The summed E-state index contributed by atoms with van der Waals surface area (Å²) in [5.74, 6) is 1.70. The van der Waals surface area contributed by atoms with Crippen molar-refractivity contribution in [2.24, 2.45) is 0 Å². The monoisotopic (exact) mass is 482 g/mol. The quantitative estimate of drug-likeness (QED) is 0.336. The molecule has 0 atom stereocenters. The molecule has 0 unspecified atom stereocenters. The standard InChI is InChI=1S/C21H18N6O2S3/c1-3-29-15-7-5-4-6-14(15)27-21(24-25-26-27)31-11-17-22-19(28)18-13(10-30-20(18)23-17)16-9-8-12(2)32-16/h4-10H,3,11H2,1-2H3,(H,22,23,28). The Kier molecular flexibility index (Phi) is 5.77. The molecule has 0 radical (unpaired) electrons. The molecule has 0 aliphatic rings. The molecule has 0 bridgehead atoms. The molecule has 11 heteroatoms. The minimum Gasteiger partial charge on any atom is -0.492 e. The summed E-state index contributed by atoms with van der Waals surface area (Å²) in [5.41, 5.74) is 1.56. The van der Waals surface area contributed by atoms with E-state index in [0.29, 0.717) is 34.5 Å². The fourth-order valence-corrected chi connectivity index (χ4v) is 5.96. The Morgan fingerprint density at radius 2 is 2.09 bits per heavy atom. The van der Waals surface area contributed by atoms with Crippen molar-refractivity contribution in [1.29, 1.82) is 0 Å². The predicted octanol–water partition coefficient (Wildman–Crippen LogP) is 4.69. The van der Waals surface area contributed by atoms with Gasteiger partial charge in [0.15, 0.2) is 0 Å². The first-order valence-electron chi connectivity index (χ1n) is 9.84. The minimum absolute atomic E-state index is 0.130. The summed E-state index contributed by atoms with van der Waals surface area (Å²) in [7, 11) is 0. The molecule has 4 aromatic heterocycles. The molecule has 5 rings (SSSR count). The van der Waals surface area contributed by atoms with E-state index in [2.05, 4.69) is 38.5 Å². The molecule has 4 heterocycles. The largest absolute Gasteiger partial charge is 0.492 e. The number of para-hydroxylation sites is 2. The molecule has 0 spiro atoms. The van der Waals surface area contributed by atoms with Crippen LogP contribution in [0.4, 0.5) is 0 Å². The summed E-state index contributed by atoms with van der Waals surface area (Å²) >= 11 is 4.55. The third-order valence-electron chi connectivity index (χ3n) is 4.67. The van der Waals surface area contributed by atoms with Crippen molar-refractivity contribution in [3.05, 3.63) is 62.8 Å². The van der Waals surface area contributed by atoms with Crippen molar-refractivity contribution in [1.82, 2.24) is 30.2 Å². The van der Waals surface area contributed by atoms with E-state index in [1.165, 1.54) is 28.0 Å². The summed E-state index contributed by atoms with van der Waals surface area (Å²) in [6, 6.07) is 11.7. The number of aryl methyl sites for hydroxylation is 1. The Bertz CT molecular complexity index is 1450. The highest BCUT2D eigenvalue weighted by Gasteiger charge is 2.17. The molecule has 0 aliphatic heterocycles. The Morgan fingerprint density at radius 3 is 2.91 bits per heavy atom. The zero-order valence-corrected chi connectivity index (χ0v) is 19.7. The van der Waals surface area contributed by atoms with E-state index in [4.69, 9.17) is 4.74 Å². The number of thiophene rings is 2. The summed E-state index contributed by atoms with van der Waals surface area (Å²) < 4.78 is 7.33. The van der Waals surface area contributed by atoms with Crippen LogP contribution in [0, 0.1) is 6.92 Å². The lowest BCUT2D eigenvalue weighted by molar-refractivity contribution is 0.337.